The van der Waals surface area contributed by atoms with E-state index in [1.807, 2.05) is 36.4 Å². The molecule has 2 aromatic heterocycles. The summed E-state index contributed by atoms with van der Waals surface area (Å²) in [6.07, 6.45) is 0. The van der Waals surface area contributed by atoms with E-state index >= 15 is 0 Å². The minimum Gasteiger partial charge on any atom is -0.309 e. The Hall–Kier alpha value is -7.43. The van der Waals surface area contributed by atoms with Gasteiger partial charge in [0.05, 0.1) is 11.0 Å². The third kappa shape index (κ3) is 6.06. The second kappa shape index (κ2) is 13.8. The predicted molar refractivity (Wildman–Crippen MR) is 227 cm³/mol. The third-order valence-electron chi connectivity index (χ3n) is 10.3. The van der Waals surface area contributed by atoms with Crippen LogP contribution in [-0.2, 0) is 0 Å². The van der Waals surface area contributed by atoms with Crippen LogP contribution in [0.4, 0.5) is 0 Å². The molecule has 0 saturated heterocycles. The first-order valence-electron chi connectivity index (χ1n) is 18.5. The summed E-state index contributed by atoms with van der Waals surface area (Å²) in [5.74, 6) is 1.91. The lowest BCUT2D eigenvalue weighted by Gasteiger charge is -2.12. The summed E-state index contributed by atoms with van der Waals surface area (Å²) in [6.45, 7) is 0. The van der Waals surface area contributed by atoms with Gasteiger partial charge in [-0.25, -0.2) is 15.0 Å². The van der Waals surface area contributed by atoms with Crippen molar-refractivity contribution in [2.24, 2.45) is 0 Å². The summed E-state index contributed by atoms with van der Waals surface area (Å²) < 4.78 is 2.40. The second-order valence-corrected chi connectivity index (χ2v) is 13.7. The normalized spacial score (nSPS) is 11.3. The lowest BCUT2D eigenvalue weighted by molar-refractivity contribution is 1.07. The Morgan fingerprint density at radius 3 is 1.42 bits per heavy atom. The highest BCUT2D eigenvalue weighted by atomic mass is 15.0. The molecule has 0 saturated carbocycles. The molecule has 10 aromatic rings. The van der Waals surface area contributed by atoms with Crippen molar-refractivity contribution < 1.29 is 0 Å². The molecular weight excluding hydrogens is 669 g/mol. The summed E-state index contributed by atoms with van der Waals surface area (Å²) in [6, 6.07) is 72.3. The summed E-state index contributed by atoms with van der Waals surface area (Å²) in [5.41, 5.74) is 13.2. The molecule has 0 aliphatic rings. The molecule has 0 aliphatic heterocycles. The van der Waals surface area contributed by atoms with Crippen molar-refractivity contribution in [3.63, 3.8) is 0 Å². The molecule has 0 spiro atoms. The van der Waals surface area contributed by atoms with E-state index in [0.717, 1.165) is 44.6 Å². The van der Waals surface area contributed by atoms with Crippen molar-refractivity contribution in [2.45, 2.75) is 0 Å². The first kappa shape index (κ1) is 32.2. The van der Waals surface area contributed by atoms with E-state index in [0.29, 0.717) is 17.5 Å². The highest BCUT2D eigenvalue weighted by Gasteiger charge is 2.18. The first-order chi connectivity index (χ1) is 27.3. The molecule has 0 radical (unpaired) electrons. The molecule has 0 bridgehead atoms. The monoisotopic (exact) mass is 702 g/mol. The van der Waals surface area contributed by atoms with E-state index in [2.05, 4.69) is 174 Å². The number of hydrogen-bond donors (Lipinski definition) is 0. The SMILES string of the molecule is c1ccc(-c2ccc(-c3nc(-c4ccccc4)nc(-c4cccc(-c5ccc6c(c5)c5cccc(-c7ccccc7)c5n6-c5ccccc5)c4)n3)cc2)cc1. The van der Waals surface area contributed by atoms with Crippen LogP contribution in [0, 0.1) is 0 Å². The second-order valence-electron chi connectivity index (χ2n) is 13.7. The molecule has 2 heterocycles. The lowest BCUT2D eigenvalue weighted by Crippen LogP contribution is -2.00. The number of nitrogens with zero attached hydrogens (tertiary/aromatic N) is 4. The summed E-state index contributed by atoms with van der Waals surface area (Å²) in [5, 5.41) is 2.42. The fourth-order valence-corrected chi connectivity index (χ4v) is 7.58. The molecule has 0 N–H and O–H groups in total. The molecular formula is C51H34N4. The van der Waals surface area contributed by atoms with Crippen LogP contribution in [0.5, 0.6) is 0 Å². The molecule has 8 aromatic carbocycles. The van der Waals surface area contributed by atoms with E-state index in [4.69, 9.17) is 15.0 Å². The standard InChI is InChI=1S/C51H34N4/c1-5-15-35(16-6-1)36-27-29-39(30-28-36)50-52-49(38-19-9-3-10-20-38)53-51(54-50)42-22-13-21-40(33-42)41-31-32-47-46(34-41)45-26-14-25-44(37-17-7-2-8-18-37)48(45)55(47)43-23-11-4-12-24-43/h1-34H. The molecule has 10 rings (SSSR count). The highest BCUT2D eigenvalue weighted by Crippen LogP contribution is 2.40. The Bertz CT molecular complexity index is 2940. The fraction of sp³-hybridized carbons (Fsp3) is 0. The molecule has 0 unspecified atom stereocenters. The highest BCUT2D eigenvalue weighted by molar-refractivity contribution is 6.14. The Morgan fingerprint density at radius 1 is 0.291 bits per heavy atom. The van der Waals surface area contributed by atoms with Crippen LogP contribution in [0.3, 0.4) is 0 Å². The zero-order valence-electron chi connectivity index (χ0n) is 29.9. The van der Waals surface area contributed by atoms with E-state index < -0.39 is 0 Å². The first-order valence-corrected chi connectivity index (χ1v) is 18.5. The molecule has 4 nitrogen and oxygen atoms in total. The Kier molecular flexibility index (Phi) is 8.12. The van der Waals surface area contributed by atoms with Crippen LogP contribution in [0.25, 0.3) is 95.0 Å². The van der Waals surface area contributed by atoms with Crippen molar-refractivity contribution in [2.75, 3.05) is 0 Å². The molecule has 4 heteroatoms. The zero-order chi connectivity index (χ0) is 36.6. The number of hydrogen-bond acceptors (Lipinski definition) is 3. The number of rotatable bonds is 7. The van der Waals surface area contributed by atoms with Gasteiger partial charge in [-0.05, 0) is 58.1 Å². The average molecular weight is 703 g/mol. The largest absolute Gasteiger partial charge is 0.309 e. The van der Waals surface area contributed by atoms with Crippen molar-refractivity contribution in [1.82, 2.24) is 19.5 Å². The number of aromatic nitrogens is 4. The zero-order valence-corrected chi connectivity index (χ0v) is 29.9. The minimum absolute atomic E-state index is 0.632. The van der Waals surface area contributed by atoms with Gasteiger partial charge in [-0.2, -0.15) is 0 Å². The maximum Gasteiger partial charge on any atom is 0.164 e. The van der Waals surface area contributed by atoms with Crippen LogP contribution < -0.4 is 0 Å². The van der Waals surface area contributed by atoms with Gasteiger partial charge in [-0.1, -0.05) is 176 Å². The molecule has 0 aliphatic carbocycles. The maximum atomic E-state index is 5.08. The lowest BCUT2D eigenvalue weighted by atomic mass is 9.99. The fourth-order valence-electron chi connectivity index (χ4n) is 7.58. The van der Waals surface area contributed by atoms with E-state index in [9.17, 15) is 0 Å². The Labute approximate surface area is 319 Å². The van der Waals surface area contributed by atoms with Crippen molar-refractivity contribution in [3.05, 3.63) is 206 Å². The molecule has 0 amide bonds. The van der Waals surface area contributed by atoms with E-state index in [1.54, 1.807) is 0 Å². The van der Waals surface area contributed by atoms with Crippen LogP contribution in [0.2, 0.25) is 0 Å². The van der Waals surface area contributed by atoms with E-state index in [-0.39, 0.29) is 0 Å². The van der Waals surface area contributed by atoms with Crippen LogP contribution in [0.1, 0.15) is 0 Å². The van der Waals surface area contributed by atoms with Crippen molar-refractivity contribution in [3.8, 4) is 73.2 Å². The quantitative estimate of drug-likeness (QED) is 0.166. The van der Waals surface area contributed by atoms with Crippen LogP contribution >= 0.6 is 0 Å². The topological polar surface area (TPSA) is 43.6 Å². The molecule has 0 fully saturated rings. The van der Waals surface area contributed by atoms with Gasteiger partial charge in [0.1, 0.15) is 0 Å². The average Bonchev–Trinajstić information content (AvgIpc) is 3.61. The summed E-state index contributed by atoms with van der Waals surface area (Å²) in [7, 11) is 0. The van der Waals surface area contributed by atoms with Gasteiger partial charge in [0.2, 0.25) is 0 Å². The van der Waals surface area contributed by atoms with Gasteiger partial charge >= 0.3 is 0 Å². The molecule has 0 atom stereocenters. The van der Waals surface area contributed by atoms with Gasteiger partial charge in [0.15, 0.2) is 17.5 Å². The number of para-hydroxylation sites is 2. The smallest absolute Gasteiger partial charge is 0.164 e. The molecule has 258 valence electrons. The van der Waals surface area contributed by atoms with Crippen molar-refractivity contribution >= 4 is 21.8 Å². The van der Waals surface area contributed by atoms with Gasteiger partial charge in [0.25, 0.3) is 0 Å². The van der Waals surface area contributed by atoms with Gasteiger partial charge in [-0.15, -0.1) is 0 Å². The number of benzene rings is 8. The number of fused-ring (bicyclic) bond motifs is 3. The molecule has 55 heavy (non-hydrogen) atoms. The third-order valence-corrected chi connectivity index (χ3v) is 10.3. The Balaban J connectivity index is 1.10. The minimum atomic E-state index is 0.632. The van der Waals surface area contributed by atoms with Crippen LogP contribution in [0.15, 0.2) is 206 Å². The Morgan fingerprint density at radius 2 is 0.745 bits per heavy atom. The summed E-state index contributed by atoms with van der Waals surface area (Å²) >= 11 is 0. The van der Waals surface area contributed by atoms with Crippen molar-refractivity contribution in [1.29, 1.82) is 0 Å². The van der Waals surface area contributed by atoms with E-state index in [1.165, 1.54) is 33.0 Å². The predicted octanol–water partition coefficient (Wildman–Crippen LogP) is 13.0. The van der Waals surface area contributed by atoms with Gasteiger partial charge in [-0.3, -0.25) is 0 Å². The van der Waals surface area contributed by atoms with Crippen LogP contribution in [-0.4, -0.2) is 19.5 Å². The summed E-state index contributed by atoms with van der Waals surface area (Å²) in [4.78, 5) is 15.1. The maximum absolute atomic E-state index is 5.08. The van der Waals surface area contributed by atoms with Gasteiger partial charge < -0.3 is 4.57 Å². The van der Waals surface area contributed by atoms with Gasteiger partial charge in [0, 0.05) is 38.7 Å².